The third-order valence-electron chi connectivity index (χ3n) is 5.20. The van der Waals surface area contributed by atoms with E-state index in [1.807, 2.05) is 13.0 Å². The van der Waals surface area contributed by atoms with Crippen molar-refractivity contribution in [2.24, 2.45) is 5.92 Å². The smallest absolute Gasteiger partial charge is 0.231 e. The van der Waals surface area contributed by atoms with Gasteiger partial charge in [-0.15, -0.1) is 0 Å². The van der Waals surface area contributed by atoms with E-state index < -0.39 is 0 Å². The summed E-state index contributed by atoms with van der Waals surface area (Å²) in [4.78, 5) is 6.74. The minimum atomic E-state index is 0.197. The Bertz CT molecular complexity index is 763. The largest absolute Gasteiger partial charge is 0.454 e. The van der Waals surface area contributed by atoms with Crippen molar-refractivity contribution in [3.63, 3.8) is 0 Å². The van der Waals surface area contributed by atoms with E-state index in [9.17, 15) is 0 Å². The average Bonchev–Trinajstić information content (AvgIpc) is 3.32. The Labute approximate surface area is 145 Å². The number of ether oxygens (including phenoxy) is 3. The Morgan fingerprint density at radius 1 is 1.20 bits per heavy atom. The molecule has 0 spiro atoms. The van der Waals surface area contributed by atoms with Gasteiger partial charge in [-0.2, -0.15) is 4.98 Å². The highest BCUT2D eigenvalue weighted by molar-refractivity contribution is 5.44. The number of aryl methyl sites for hydroxylation is 1. The van der Waals surface area contributed by atoms with Gasteiger partial charge in [0.15, 0.2) is 17.3 Å². The predicted octanol–water partition coefficient (Wildman–Crippen LogP) is 1.94. The molecule has 7 heteroatoms. The van der Waals surface area contributed by atoms with Crippen LogP contribution < -0.4 is 9.47 Å². The molecule has 0 amide bonds. The van der Waals surface area contributed by atoms with Gasteiger partial charge in [-0.1, -0.05) is 11.2 Å². The summed E-state index contributed by atoms with van der Waals surface area (Å²) in [5.41, 5.74) is 1.25. The molecular formula is C18H21N3O4. The Hall–Kier alpha value is -2.12. The van der Waals surface area contributed by atoms with Gasteiger partial charge in [0.1, 0.15) is 0 Å². The quantitative estimate of drug-likeness (QED) is 0.840. The second kappa shape index (κ2) is 6.00. The number of aromatic nitrogens is 2. The summed E-state index contributed by atoms with van der Waals surface area (Å²) in [7, 11) is 0. The number of benzene rings is 1. The van der Waals surface area contributed by atoms with Crippen molar-refractivity contribution in [1.29, 1.82) is 0 Å². The summed E-state index contributed by atoms with van der Waals surface area (Å²) >= 11 is 0. The zero-order valence-corrected chi connectivity index (χ0v) is 14.2. The molecule has 7 nitrogen and oxygen atoms in total. The monoisotopic (exact) mass is 343 g/mol. The van der Waals surface area contributed by atoms with E-state index in [4.69, 9.17) is 18.7 Å². The third kappa shape index (κ3) is 2.98. The minimum absolute atomic E-state index is 0.197. The maximum atomic E-state index is 6.23. The highest BCUT2D eigenvalue weighted by Gasteiger charge is 2.42. The molecule has 5 rings (SSSR count). The average molecular weight is 343 g/mol. The van der Waals surface area contributed by atoms with Crippen molar-refractivity contribution >= 4 is 0 Å². The van der Waals surface area contributed by atoms with Crippen molar-refractivity contribution in [3.8, 4) is 11.5 Å². The lowest BCUT2D eigenvalue weighted by molar-refractivity contribution is 0.0343. The molecule has 0 saturated carbocycles. The van der Waals surface area contributed by atoms with E-state index >= 15 is 0 Å². The predicted molar refractivity (Wildman–Crippen MR) is 87.3 cm³/mol. The van der Waals surface area contributed by atoms with E-state index in [-0.39, 0.29) is 6.10 Å². The first-order valence-electron chi connectivity index (χ1n) is 8.78. The molecule has 4 heterocycles. The Morgan fingerprint density at radius 3 is 2.96 bits per heavy atom. The summed E-state index contributed by atoms with van der Waals surface area (Å²) in [6, 6.07) is 6.19. The standard InChI is InChI=1S/C18H21N3O4/c1-11-19-18(25-20-11)6-14-5-13-8-21(9-17(13)24-14)7-12-2-3-15-16(4-12)23-10-22-15/h2-4,13-14,17H,5-10H2,1H3/t13-,14-,17+/m0/s1. The van der Waals surface area contributed by atoms with Crippen LogP contribution in [0.3, 0.4) is 0 Å². The minimum Gasteiger partial charge on any atom is -0.454 e. The van der Waals surface area contributed by atoms with Crippen LogP contribution in [0.25, 0.3) is 0 Å². The van der Waals surface area contributed by atoms with Gasteiger partial charge in [0.25, 0.3) is 0 Å². The van der Waals surface area contributed by atoms with Crippen LogP contribution in [0.1, 0.15) is 23.7 Å². The van der Waals surface area contributed by atoms with Crippen molar-refractivity contribution in [3.05, 3.63) is 35.5 Å². The van der Waals surface area contributed by atoms with Gasteiger partial charge in [-0.3, -0.25) is 4.90 Å². The zero-order valence-electron chi connectivity index (χ0n) is 14.2. The molecule has 0 unspecified atom stereocenters. The van der Waals surface area contributed by atoms with E-state index in [2.05, 4.69) is 27.2 Å². The number of hydrogen-bond donors (Lipinski definition) is 0. The summed E-state index contributed by atoms with van der Waals surface area (Å²) < 4.78 is 22.3. The first-order valence-corrected chi connectivity index (χ1v) is 8.78. The topological polar surface area (TPSA) is 69.9 Å². The van der Waals surface area contributed by atoms with Crippen LogP contribution in [0.4, 0.5) is 0 Å². The SMILES string of the molecule is Cc1noc(C[C@@H]2C[C@H]3CN(Cc4ccc5c(c4)OCO5)C[C@H]3O2)n1. The van der Waals surface area contributed by atoms with E-state index in [1.54, 1.807) is 0 Å². The summed E-state index contributed by atoms with van der Waals surface area (Å²) in [5.74, 6) is 3.64. The summed E-state index contributed by atoms with van der Waals surface area (Å²) in [5, 5.41) is 3.85. The maximum Gasteiger partial charge on any atom is 0.231 e. The van der Waals surface area contributed by atoms with Gasteiger partial charge in [0.2, 0.25) is 12.7 Å². The first kappa shape index (κ1) is 15.2. The van der Waals surface area contributed by atoms with Crippen LogP contribution in [-0.2, 0) is 17.7 Å². The molecule has 2 aromatic rings. The van der Waals surface area contributed by atoms with E-state index in [1.165, 1.54) is 5.56 Å². The van der Waals surface area contributed by atoms with Crippen LogP contribution in [-0.4, -0.2) is 47.1 Å². The zero-order chi connectivity index (χ0) is 16.8. The fraction of sp³-hybridized carbons (Fsp3) is 0.556. The van der Waals surface area contributed by atoms with Crippen molar-refractivity contribution in [2.75, 3.05) is 19.9 Å². The number of rotatable bonds is 4. The summed E-state index contributed by atoms with van der Waals surface area (Å²) in [6.07, 6.45) is 2.28. The van der Waals surface area contributed by atoms with Gasteiger partial charge >= 0.3 is 0 Å². The number of hydrogen-bond acceptors (Lipinski definition) is 7. The molecule has 3 aliphatic rings. The lowest BCUT2D eigenvalue weighted by atomic mass is 10.0. The molecule has 0 bridgehead atoms. The Morgan fingerprint density at radius 2 is 2.12 bits per heavy atom. The first-order chi connectivity index (χ1) is 12.2. The van der Waals surface area contributed by atoms with Crippen LogP contribution in [0.15, 0.2) is 22.7 Å². The van der Waals surface area contributed by atoms with E-state index in [0.717, 1.165) is 44.0 Å². The second-order valence-electron chi connectivity index (χ2n) is 7.11. The van der Waals surface area contributed by atoms with Gasteiger partial charge in [-0.05, 0) is 31.0 Å². The lowest BCUT2D eigenvalue weighted by Crippen LogP contribution is -2.25. The molecule has 3 aliphatic heterocycles. The van der Waals surface area contributed by atoms with Gasteiger partial charge in [-0.25, -0.2) is 0 Å². The van der Waals surface area contributed by atoms with Crippen LogP contribution in [0.2, 0.25) is 0 Å². The Balaban J connectivity index is 1.17. The molecule has 1 aromatic carbocycles. The molecular weight excluding hydrogens is 322 g/mol. The number of likely N-dealkylation sites (tertiary alicyclic amines) is 1. The highest BCUT2D eigenvalue weighted by Crippen LogP contribution is 2.36. The number of fused-ring (bicyclic) bond motifs is 2. The maximum absolute atomic E-state index is 6.23. The normalized spacial score (nSPS) is 27.8. The van der Waals surface area contributed by atoms with Gasteiger partial charge in [0, 0.05) is 25.6 Å². The molecule has 0 N–H and O–H groups in total. The Kier molecular flexibility index (Phi) is 3.64. The molecule has 2 fully saturated rings. The number of nitrogens with zero attached hydrogens (tertiary/aromatic N) is 3. The molecule has 25 heavy (non-hydrogen) atoms. The second-order valence-corrected chi connectivity index (χ2v) is 7.11. The van der Waals surface area contributed by atoms with Gasteiger partial charge in [0.05, 0.1) is 18.6 Å². The van der Waals surface area contributed by atoms with Crippen LogP contribution in [0.5, 0.6) is 11.5 Å². The summed E-state index contributed by atoms with van der Waals surface area (Å²) in [6.45, 7) is 5.12. The molecule has 132 valence electrons. The lowest BCUT2D eigenvalue weighted by Gasteiger charge is -2.18. The van der Waals surface area contributed by atoms with Crippen LogP contribution in [0, 0.1) is 12.8 Å². The van der Waals surface area contributed by atoms with Crippen LogP contribution >= 0.6 is 0 Å². The molecule has 2 saturated heterocycles. The molecule has 3 atom stereocenters. The fourth-order valence-corrected chi connectivity index (χ4v) is 4.12. The van der Waals surface area contributed by atoms with Crippen molar-refractivity contribution in [2.45, 2.75) is 38.5 Å². The van der Waals surface area contributed by atoms with E-state index in [0.29, 0.717) is 30.5 Å². The third-order valence-corrected chi connectivity index (χ3v) is 5.20. The van der Waals surface area contributed by atoms with Crippen molar-refractivity contribution < 1.29 is 18.7 Å². The highest BCUT2D eigenvalue weighted by atomic mass is 16.7. The molecule has 0 aliphatic carbocycles. The molecule has 0 radical (unpaired) electrons. The van der Waals surface area contributed by atoms with Gasteiger partial charge < -0.3 is 18.7 Å². The van der Waals surface area contributed by atoms with Crippen molar-refractivity contribution in [1.82, 2.24) is 15.0 Å². The fourth-order valence-electron chi connectivity index (χ4n) is 4.12. The molecule has 1 aromatic heterocycles.